The number of benzene rings is 2. The first kappa shape index (κ1) is 18.7. The van der Waals surface area contributed by atoms with Gasteiger partial charge in [0.2, 0.25) is 0 Å². The minimum Gasteiger partial charge on any atom is -0.456 e. The Labute approximate surface area is 158 Å². The Kier molecular flexibility index (Phi) is 6.26. The van der Waals surface area contributed by atoms with E-state index in [4.69, 9.17) is 4.74 Å². The number of nitrogens with one attached hydrogen (secondary N) is 2. The van der Waals surface area contributed by atoms with Crippen LogP contribution in [0.2, 0.25) is 0 Å². The third-order valence-electron chi connectivity index (χ3n) is 4.49. The van der Waals surface area contributed by atoms with Gasteiger partial charge in [0.05, 0.1) is 0 Å². The molecule has 0 saturated heterocycles. The molecule has 2 aromatic carbocycles. The summed E-state index contributed by atoms with van der Waals surface area (Å²) in [5.74, 6) is -0.680. The number of carbonyl (C=O) groups is 2. The molecular formula is C22H24N2O3. The fourth-order valence-corrected chi connectivity index (χ4v) is 3.05. The highest BCUT2D eigenvalue weighted by molar-refractivity contribution is 5.92. The second kappa shape index (κ2) is 9.03. The fraction of sp³-hybridized carbons (Fsp3) is 0.273. The summed E-state index contributed by atoms with van der Waals surface area (Å²) in [6.45, 7) is 1.79. The molecule has 27 heavy (non-hydrogen) atoms. The molecule has 2 N–H and O–H groups in total. The predicted molar refractivity (Wildman–Crippen MR) is 107 cm³/mol. The Hall–Kier alpha value is -3.08. The van der Waals surface area contributed by atoms with Gasteiger partial charge in [-0.2, -0.15) is 0 Å². The average molecular weight is 364 g/mol. The highest BCUT2D eigenvalue weighted by atomic mass is 16.5. The monoisotopic (exact) mass is 364 g/mol. The van der Waals surface area contributed by atoms with Crippen LogP contribution in [0.4, 0.5) is 5.69 Å². The molecule has 0 saturated carbocycles. The number of hydrogen-bond acceptors (Lipinski definition) is 3. The molecule has 5 nitrogen and oxygen atoms in total. The molecule has 1 heterocycles. The fourth-order valence-electron chi connectivity index (χ4n) is 3.05. The zero-order chi connectivity index (χ0) is 19.1. The summed E-state index contributed by atoms with van der Waals surface area (Å²) in [5, 5.41) is 3.93. The number of esters is 1. The van der Waals surface area contributed by atoms with Crippen molar-refractivity contribution in [1.82, 2.24) is 4.98 Å². The van der Waals surface area contributed by atoms with Crippen molar-refractivity contribution in [2.24, 2.45) is 0 Å². The summed E-state index contributed by atoms with van der Waals surface area (Å²) < 4.78 is 5.08. The van der Waals surface area contributed by atoms with Gasteiger partial charge in [-0.25, -0.2) is 0 Å². The van der Waals surface area contributed by atoms with Gasteiger partial charge >= 0.3 is 5.97 Å². The Morgan fingerprint density at radius 1 is 1.11 bits per heavy atom. The van der Waals surface area contributed by atoms with Crippen LogP contribution in [-0.2, 0) is 27.2 Å². The number of aryl methyl sites for hydroxylation is 2. The molecule has 1 aromatic heterocycles. The topological polar surface area (TPSA) is 71.2 Å². The van der Waals surface area contributed by atoms with E-state index in [0.717, 1.165) is 29.6 Å². The first-order valence-electron chi connectivity index (χ1n) is 9.25. The summed E-state index contributed by atoms with van der Waals surface area (Å²) in [4.78, 5) is 27.0. The molecule has 0 unspecified atom stereocenters. The molecule has 0 atom stereocenters. The number of amides is 1. The Bertz CT molecular complexity index is 930. The van der Waals surface area contributed by atoms with Crippen molar-refractivity contribution in [3.8, 4) is 0 Å². The van der Waals surface area contributed by atoms with Crippen molar-refractivity contribution in [1.29, 1.82) is 0 Å². The number of anilines is 1. The third kappa shape index (κ3) is 5.20. The molecule has 3 aromatic rings. The van der Waals surface area contributed by atoms with Crippen LogP contribution in [0.25, 0.3) is 10.9 Å². The van der Waals surface area contributed by atoms with E-state index >= 15 is 0 Å². The van der Waals surface area contributed by atoms with E-state index in [-0.39, 0.29) is 24.9 Å². The number of rotatable bonds is 8. The number of carbonyl (C=O) groups excluding carboxylic acids is 2. The second-order valence-electron chi connectivity index (χ2n) is 6.48. The lowest BCUT2D eigenvalue weighted by Gasteiger charge is -2.08. The molecule has 5 heteroatoms. The van der Waals surface area contributed by atoms with Crippen molar-refractivity contribution in [2.75, 3.05) is 11.9 Å². The van der Waals surface area contributed by atoms with Crippen molar-refractivity contribution in [3.05, 3.63) is 65.9 Å². The Morgan fingerprint density at radius 3 is 2.81 bits per heavy atom. The van der Waals surface area contributed by atoms with Crippen LogP contribution in [0, 0.1) is 0 Å². The molecule has 0 fully saturated rings. The number of H-pyrrole nitrogens is 1. The Balaban J connectivity index is 1.39. The van der Waals surface area contributed by atoms with Crippen molar-refractivity contribution >= 4 is 28.5 Å². The summed E-state index contributed by atoms with van der Waals surface area (Å²) in [5.41, 5.74) is 4.14. The van der Waals surface area contributed by atoms with E-state index in [1.54, 1.807) is 0 Å². The van der Waals surface area contributed by atoms with E-state index in [1.807, 2.05) is 48.7 Å². The van der Waals surface area contributed by atoms with Gasteiger partial charge in [0.1, 0.15) is 0 Å². The van der Waals surface area contributed by atoms with Crippen LogP contribution in [0.5, 0.6) is 0 Å². The van der Waals surface area contributed by atoms with E-state index in [0.29, 0.717) is 6.42 Å². The normalized spacial score (nSPS) is 10.7. The lowest BCUT2D eigenvalue weighted by atomic mass is 10.1. The van der Waals surface area contributed by atoms with Crippen molar-refractivity contribution in [3.63, 3.8) is 0 Å². The minimum absolute atomic E-state index is 0.262. The summed E-state index contributed by atoms with van der Waals surface area (Å²) in [6, 6.07) is 15.7. The van der Waals surface area contributed by atoms with E-state index in [2.05, 4.69) is 23.3 Å². The smallest absolute Gasteiger partial charge is 0.306 e. The molecule has 0 aliphatic heterocycles. The average Bonchev–Trinajstić information content (AvgIpc) is 3.10. The largest absolute Gasteiger partial charge is 0.456 e. The number of hydrogen-bond donors (Lipinski definition) is 2. The quantitative estimate of drug-likeness (QED) is 0.588. The van der Waals surface area contributed by atoms with Crippen molar-refractivity contribution < 1.29 is 14.3 Å². The number of aromatic amines is 1. The van der Waals surface area contributed by atoms with E-state index in [9.17, 15) is 9.59 Å². The van der Waals surface area contributed by atoms with Gasteiger partial charge in [-0.1, -0.05) is 37.3 Å². The molecular weight excluding hydrogens is 340 g/mol. The molecule has 140 valence electrons. The van der Waals surface area contributed by atoms with Gasteiger partial charge in [0.15, 0.2) is 6.61 Å². The van der Waals surface area contributed by atoms with Crippen molar-refractivity contribution in [2.45, 2.75) is 32.6 Å². The molecule has 0 bridgehead atoms. The van der Waals surface area contributed by atoms with Crippen LogP contribution in [0.3, 0.4) is 0 Å². The van der Waals surface area contributed by atoms with Gasteiger partial charge in [-0.3, -0.25) is 9.59 Å². The number of fused-ring (bicyclic) bond motifs is 1. The zero-order valence-corrected chi connectivity index (χ0v) is 15.5. The maximum absolute atomic E-state index is 11.9. The van der Waals surface area contributed by atoms with Crippen LogP contribution >= 0.6 is 0 Å². The highest BCUT2D eigenvalue weighted by Gasteiger charge is 2.09. The van der Waals surface area contributed by atoms with Crippen LogP contribution in [-0.4, -0.2) is 23.5 Å². The van der Waals surface area contributed by atoms with Gasteiger partial charge in [0, 0.05) is 29.2 Å². The van der Waals surface area contributed by atoms with Crippen LogP contribution < -0.4 is 5.32 Å². The molecule has 0 spiro atoms. The first-order valence-corrected chi connectivity index (χ1v) is 9.25. The Morgan fingerprint density at radius 2 is 1.96 bits per heavy atom. The summed E-state index contributed by atoms with van der Waals surface area (Å²) >= 11 is 0. The van der Waals surface area contributed by atoms with Crippen LogP contribution in [0.1, 0.15) is 30.9 Å². The SMILES string of the molecule is CCc1cccc(NC(=O)COC(=O)CCCc2c[nH]c3ccccc23)c1. The standard InChI is InChI=1S/C22H24N2O3/c1-2-16-7-5-9-18(13-16)24-21(25)15-27-22(26)12-6-8-17-14-23-20-11-4-3-10-19(17)20/h3-5,7,9-11,13-14,23H,2,6,8,12,15H2,1H3,(H,24,25). The molecule has 0 radical (unpaired) electrons. The molecule has 1 amide bonds. The van der Waals surface area contributed by atoms with E-state index in [1.165, 1.54) is 10.9 Å². The second-order valence-corrected chi connectivity index (χ2v) is 6.48. The maximum Gasteiger partial charge on any atom is 0.306 e. The predicted octanol–water partition coefficient (Wildman–Crippen LogP) is 4.23. The number of para-hydroxylation sites is 1. The summed E-state index contributed by atoms with van der Waals surface area (Å²) in [6.07, 6.45) is 4.64. The minimum atomic E-state index is -0.354. The third-order valence-corrected chi connectivity index (χ3v) is 4.49. The van der Waals surface area contributed by atoms with E-state index < -0.39 is 0 Å². The summed E-state index contributed by atoms with van der Waals surface area (Å²) in [7, 11) is 0. The zero-order valence-electron chi connectivity index (χ0n) is 15.5. The maximum atomic E-state index is 11.9. The van der Waals surface area contributed by atoms with Crippen LogP contribution in [0.15, 0.2) is 54.7 Å². The van der Waals surface area contributed by atoms with Gasteiger partial charge in [-0.05, 0) is 48.6 Å². The van der Waals surface area contributed by atoms with Gasteiger partial charge in [0.25, 0.3) is 5.91 Å². The first-order chi connectivity index (χ1) is 13.2. The van der Waals surface area contributed by atoms with Gasteiger partial charge in [-0.15, -0.1) is 0 Å². The number of ether oxygens (including phenoxy) is 1. The van der Waals surface area contributed by atoms with Gasteiger partial charge < -0.3 is 15.0 Å². The highest BCUT2D eigenvalue weighted by Crippen LogP contribution is 2.19. The molecule has 0 aliphatic rings. The lowest BCUT2D eigenvalue weighted by molar-refractivity contribution is -0.147. The lowest BCUT2D eigenvalue weighted by Crippen LogP contribution is -2.20. The molecule has 0 aliphatic carbocycles. The molecule has 3 rings (SSSR count). The number of aromatic nitrogens is 1.